The van der Waals surface area contributed by atoms with Gasteiger partial charge in [0.15, 0.2) is 5.82 Å². The first-order valence-electron chi connectivity index (χ1n) is 14.0. The molecule has 10 nitrogen and oxygen atoms in total. The molecule has 1 N–H and O–H groups in total. The number of nitrogens with zero attached hydrogens (tertiary/aromatic N) is 6. The maximum Gasteiger partial charge on any atom is 0.266 e. The van der Waals surface area contributed by atoms with Crippen LogP contribution in [0.15, 0.2) is 59.6 Å². The molecule has 2 aromatic heterocycles. The number of thioether (sulfide) groups is 1. The first-order valence-corrected chi connectivity index (χ1v) is 15.3. The number of H-pyrrole nitrogens is 1. The third-order valence-electron chi connectivity index (χ3n) is 7.28. The summed E-state index contributed by atoms with van der Waals surface area (Å²) < 4.78 is 12.4. The molecule has 0 aliphatic carbocycles. The standard InChI is InChI=1S/C30H31N7O3S2/c38-29-27(42-30(41)37(29)11-2-1-5-28-32-34-35-33-28)19-21-6-9-26(40-17-14-36-12-15-39-16-13-36)24(18-21)22-7-8-25-23(20-22)4-3-10-31-25/h3-4,6-10,18-20H,1-2,5,11-17H2,(H,32,33,34,35). The Bertz CT molecular complexity index is 1590. The van der Waals surface area contributed by atoms with Crippen molar-refractivity contribution in [3.8, 4) is 16.9 Å². The van der Waals surface area contributed by atoms with Crippen LogP contribution in [0, 0.1) is 0 Å². The van der Waals surface area contributed by atoms with Crippen molar-refractivity contribution in [2.24, 2.45) is 0 Å². The average Bonchev–Trinajstić information content (AvgIpc) is 3.63. The van der Waals surface area contributed by atoms with Crippen LogP contribution in [0.4, 0.5) is 0 Å². The number of morpholine rings is 1. The van der Waals surface area contributed by atoms with Gasteiger partial charge in [-0.15, -0.1) is 10.2 Å². The van der Waals surface area contributed by atoms with Crippen molar-refractivity contribution >= 4 is 51.2 Å². The minimum Gasteiger partial charge on any atom is -0.492 e. The maximum absolute atomic E-state index is 13.3. The van der Waals surface area contributed by atoms with Crippen LogP contribution in [0.5, 0.6) is 5.75 Å². The van der Waals surface area contributed by atoms with E-state index in [0.717, 1.165) is 79.0 Å². The molecule has 0 spiro atoms. The number of aromatic nitrogens is 5. The summed E-state index contributed by atoms with van der Waals surface area (Å²) in [4.78, 5) is 22.4. The Morgan fingerprint density at radius 1 is 1.10 bits per heavy atom. The Labute approximate surface area is 253 Å². The Morgan fingerprint density at radius 3 is 2.86 bits per heavy atom. The normalized spacial score (nSPS) is 17.0. The van der Waals surface area contributed by atoms with E-state index in [1.54, 1.807) is 11.1 Å². The van der Waals surface area contributed by atoms with E-state index in [4.69, 9.17) is 21.7 Å². The van der Waals surface area contributed by atoms with E-state index in [9.17, 15) is 4.79 Å². The van der Waals surface area contributed by atoms with Gasteiger partial charge in [-0.2, -0.15) is 5.21 Å². The molecule has 0 atom stereocenters. The largest absolute Gasteiger partial charge is 0.492 e. The molecule has 2 aromatic carbocycles. The molecule has 216 valence electrons. The third kappa shape index (κ3) is 6.84. The van der Waals surface area contributed by atoms with E-state index >= 15 is 0 Å². The van der Waals surface area contributed by atoms with E-state index < -0.39 is 0 Å². The van der Waals surface area contributed by atoms with Gasteiger partial charge < -0.3 is 9.47 Å². The number of tetrazole rings is 1. The fraction of sp³-hybridized carbons (Fsp3) is 0.333. The summed E-state index contributed by atoms with van der Waals surface area (Å²) >= 11 is 6.90. The zero-order valence-corrected chi connectivity index (χ0v) is 24.7. The zero-order valence-electron chi connectivity index (χ0n) is 23.1. The van der Waals surface area contributed by atoms with Crippen molar-refractivity contribution in [3.05, 3.63) is 71.0 Å². The number of pyridine rings is 1. The number of amides is 1. The van der Waals surface area contributed by atoms with Crippen LogP contribution in [-0.2, 0) is 16.0 Å². The number of carbonyl (C=O) groups excluding carboxylic acids is 1. The Hall–Kier alpha value is -3.71. The molecule has 4 heterocycles. The van der Waals surface area contributed by atoms with Crippen molar-refractivity contribution < 1.29 is 14.3 Å². The number of aromatic amines is 1. The highest BCUT2D eigenvalue weighted by atomic mass is 32.2. The lowest BCUT2D eigenvalue weighted by Crippen LogP contribution is -2.38. The average molecular weight is 602 g/mol. The van der Waals surface area contributed by atoms with Gasteiger partial charge in [0.25, 0.3) is 5.91 Å². The number of hydrogen-bond acceptors (Lipinski definition) is 10. The molecule has 0 saturated carbocycles. The van der Waals surface area contributed by atoms with E-state index in [1.807, 2.05) is 30.3 Å². The monoisotopic (exact) mass is 601 g/mol. The van der Waals surface area contributed by atoms with Crippen molar-refractivity contribution in [3.63, 3.8) is 0 Å². The van der Waals surface area contributed by atoms with Crippen LogP contribution in [0.1, 0.15) is 24.2 Å². The second-order valence-electron chi connectivity index (χ2n) is 10.1. The molecular formula is C30H31N7O3S2. The van der Waals surface area contributed by atoms with Gasteiger partial charge in [-0.05, 0) is 60.4 Å². The first-order chi connectivity index (χ1) is 20.6. The molecule has 1 amide bonds. The van der Waals surface area contributed by atoms with Crippen LogP contribution < -0.4 is 4.74 Å². The van der Waals surface area contributed by atoms with Gasteiger partial charge in [0, 0.05) is 49.7 Å². The lowest BCUT2D eigenvalue weighted by Gasteiger charge is -2.26. The van der Waals surface area contributed by atoms with E-state index in [1.165, 1.54) is 11.8 Å². The van der Waals surface area contributed by atoms with Crippen molar-refractivity contribution in [2.75, 3.05) is 46.0 Å². The van der Waals surface area contributed by atoms with Crippen molar-refractivity contribution in [1.82, 2.24) is 35.4 Å². The van der Waals surface area contributed by atoms with Gasteiger partial charge in [-0.3, -0.25) is 19.6 Å². The molecule has 2 saturated heterocycles. The number of nitrogens with one attached hydrogen (secondary N) is 1. The smallest absolute Gasteiger partial charge is 0.266 e. The predicted octanol–water partition coefficient (Wildman–Crippen LogP) is 4.35. The summed E-state index contributed by atoms with van der Waals surface area (Å²) in [6.07, 6.45) is 6.06. The number of aryl methyl sites for hydroxylation is 1. The second-order valence-corrected chi connectivity index (χ2v) is 11.8. The molecule has 42 heavy (non-hydrogen) atoms. The quantitative estimate of drug-likeness (QED) is 0.151. The summed E-state index contributed by atoms with van der Waals surface area (Å²) in [5.41, 5.74) is 3.84. The van der Waals surface area contributed by atoms with Gasteiger partial charge in [-0.1, -0.05) is 47.4 Å². The predicted molar refractivity (Wildman–Crippen MR) is 167 cm³/mol. The fourth-order valence-corrected chi connectivity index (χ4v) is 6.34. The van der Waals surface area contributed by atoms with E-state index in [0.29, 0.717) is 34.6 Å². The third-order valence-corrected chi connectivity index (χ3v) is 8.66. The number of ether oxygens (including phenoxy) is 2. The summed E-state index contributed by atoms with van der Waals surface area (Å²) in [5.74, 6) is 1.42. The number of benzene rings is 2. The molecular weight excluding hydrogens is 571 g/mol. The number of rotatable bonds is 11. The SMILES string of the molecule is O=C1C(=Cc2ccc(OCCN3CCOCC3)c(-c3ccc4ncccc4c3)c2)SC(=S)N1CCCCc1nn[nH]n1. The van der Waals surface area contributed by atoms with Gasteiger partial charge in [0.2, 0.25) is 0 Å². The Kier molecular flexibility index (Phi) is 9.14. The second kappa shape index (κ2) is 13.5. The fourth-order valence-electron chi connectivity index (χ4n) is 5.03. The topological polar surface area (TPSA) is 109 Å². The number of unbranched alkanes of at least 4 members (excludes halogenated alkanes) is 1. The Morgan fingerprint density at radius 2 is 2.00 bits per heavy atom. The van der Waals surface area contributed by atoms with Crippen molar-refractivity contribution in [2.45, 2.75) is 19.3 Å². The highest BCUT2D eigenvalue weighted by Gasteiger charge is 2.31. The molecule has 0 radical (unpaired) electrons. The summed E-state index contributed by atoms with van der Waals surface area (Å²) in [6.45, 7) is 5.34. The molecule has 12 heteroatoms. The lowest BCUT2D eigenvalue weighted by molar-refractivity contribution is -0.122. The number of fused-ring (bicyclic) bond motifs is 1. The zero-order chi connectivity index (χ0) is 28.7. The first kappa shape index (κ1) is 28.4. The minimum absolute atomic E-state index is 0.0614. The highest BCUT2D eigenvalue weighted by Crippen LogP contribution is 2.36. The number of carbonyl (C=O) groups is 1. The van der Waals surface area contributed by atoms with Crippen molar-refractivity contribution in [1.29, 1.82) is 0 Å². The summed E-state index contributed by atoms with van der Waals surface area (Å²) in [5, 5.41) is 15.1. The van der Waals surface area contributed by atoms with Gasteiger partial charge >= 0.3 is 0 Å². The lowest BCUT2D eigenvalue weighted by atomic mass is 9.99. The molecule has 2 aliphatic rings. The summed E-state index contributed by atoms with van der Waals surface area (Å²) in [6, 6.07) is 16.3. The van der Waals surface area contributed by atoms with Gasteiger partial charge in [0.05, 0.1) is 23.6 Å². The van der Waals surface area contributed by atoms with Crippen LogP contribution in [0.2, 0.25) is 0 Å². The van der Waals surface area contributed by atoms with Gasteiger partial charge in [-0.25, -0.2) is 0 Å². The number of thiocarbonyl (C=S) groups is 1. The molecule has 4 aromatic rings. The van der Waals surface area contributed by atoms with E-state index in [2.05, 4.69) is 54.8 Å². The molecule has 2 fully saturated rings. The molecule has 6 rings (SSSR count). The summed E-state index contributed by atoms with van der Waals surface area (Å²) in [7, 11) is 0. The minimum atomic E-state index is -0.0614. The van der Waals surface area contributed by atoms with Crippen LogP contribution >= 0.6 is 24.0 Å². The molecule has 0 bridgehead atoms. The van der Waals surface area contributed by atoms with Crippen LogP contribution in [0.3, 0.4) is 0 Å². The maximum atomic E-state index is 13.3. The van der Waals surface area contributed by atoms with Crippen LogP contribution in [-0.4, -0.2) is 91.6 Å². The van der Waals surface area contributed by atoms with Crippen LogP contribution in [0.25, 0.3) is 28.1 Å². The number of hydrogen-bond donors (Lipinski definition) is 1. The van der Waals surface area contributed by atoms with E-state index in [-0.39, 0.29) is 5.91 Å². The Balaban J connectivity index is 1.19. The molecule has 2 aliphatic heterocycles. The molecule has 0 unspecified atom stereocenters. The van der Waals surface area contributed by atoms with Gasteiger partial charge in [0.1, 0.15) is 16.7 Å². The highest BCUT2D eigenvalue weighted by molar-refractivity contribution is 8.26.